The van der Waals surface area contributed by atoms with E-state index in [4.69, 9.17) is 0 Å². The summed E-state index contributed by atoms with van der Waals surface area (Å²) in [6, 6.07) is 2.06. The standard InChI is InChI=1S/C11H13N3/c1-3-10-4-5-12-11(10)6-9-7-13-14(2)8-9/h3-8,12H,1-2H3/b10-3-,11-6+. The molecule has 2 heterocycles. The van der Waals surface area contributed by atoms with Gasteiger partial charge in [-0.15, -0.1) is 0 Å². The summed E-state index contributed by atoms with van der Waals surface area (Å²) in [4.78, 5) is 3.19. The van der Waals surface area contributed by atoms with Crippen LogP contribution in [0.15, 0.2) is 24.7 Å². The van der Waals surface area contributed by atoms with Gasteiger partial charge in [-0.2, -0.15) is 5.10 Å². The van der Waals surface area contributed by atoms with Gasteiger partial charge in [-0.3, -0.25) is 4.68 Å². The zero-order valence-corrected chi connectivity index (χ0v) is 8.36. The Morgan fingerprint density at radius 3 is 3.00 bits per heavy atom. The molecule has 2 aromatic rings. The number of rotatable bonds is 1. The fourth-order valence-corrected chi connectivity index (χ4v) is 1.45. The topological polar surface area (TPSA) is 33.6 Å². The maximum Gasteiger partial charge on any atom is 0.0562 e. The number of hydrogen-bond acceptors (Lipinski definition) is 1. The first kappa shape index (κ1) is 8.81. The van der Waals surface area contributed by atoms with E-state index in [1.54, 1.807) is 4.68 Å². The molecule has 0 aliphatic rings. The summed E-state index contributed by atoms with van der Waals surface area (Å²) in [6.45, 7) is 2.03. The van der Waals surface area contributed by atoms with Gasteiger partial charge in [-0.1, -0.05) is 6.08 Å². The zero-order valence-electron chi connectivity index (χ0n) is 8.36. The molecule has 0 bridgehead atoms. The van der Waals surface area contributed by atoms with Crippen molar-refractivity contribution in [3.05, 3.63) is 40.8 Å². The molecule has 0 aliphatic heterocycles. The minimum absolute atomic E-state index is 1.11. The molecule has 3 nitrogen and oxygen atoms in total. The van der Waals surface area contributed by atoms with E-state index in [1.807, 2.05) is 32.6 Å². The largest absolute Gasteiger partial charge is 0.361 e. The summed E-state index contributed by atoms with van der Waals surface area (Å²) in [5.41, 5.74) is 1.11. The smallest absolute Gasteiger partial charge is 0.0562 e. The molecule has 0 spiro atoms. The van der Waals surface area contributed by atoms with E-state index in [-0.39, 0.29) is 0 Å². The molecule has 14 heavy (non-hydrogen) atoms. The molecule has 72 valence electrons. The molecule has 2 rings (SSSR count). The Morgan fingerprint density at radius 1 is 1.50 bits per heavy atom. The number of aromatic amines is 1. The van der Waals surface area contributed by atoms with Crippen LogP contribution in [0.25, 0.3) is 12.2 Å². The predicted octanol–water partition coefficient (Wildman–Crippen LogP) is 0.377. The van der Waals surface area contributed by atoms with Crippen LogP contribution in [0.5, 0.6) is 0 Å². The van der Waals surface area contributed by atoms with Gasteiger partial charge in [-0.05, 0) is 24.3 Å². The van der Waals surface area contributed by atoms with Crippen molar-refractivity contribution in [3.8, 4) is 0 Å². The number of aryl methyl sites for hydroxylation is 1. The van der Waals surface area contributed by atoms with Gasteiger partial charge in [0.05, 0.1) is 6.20 Å². The molecule has 0 saturated heterocycles. The highest BCUT2D eigenvalue weighted by atomic mass is 15.2. The first-order valence-corrected chi connectivity index (χ1v) is 4.60. The quantitative estimate of drug-likeness (QED) is 0.688. The molecular weight excluding hydrogens is 174 g/mol. The highest BCUT2D eigenvalue weighted by molar-refractivity contribution is 5.46. The van der Waals surface area contributed by atoms with Crippen LogP contribution in [0.1, 0.15) is 12.5 Å². The Morgan fingerprint density at radius 2 is 2.36 bits per heavy atom. The molecule has 0 aliphatic carbocycles. The van der Waals surface area contributed by atoms with Crippen LogP contribution in [0.2, 0.25) is 0 Å². The molecule has 0 radical (unpaired) electrons. The number of hydrogen-bond donors (Lipinski definition) is 1. The van der Waals surface area contributed by atoms with E-state index in [0.717, 1.165) is 10.9 Å². The summed E-state index contributed by atoms with van der Waals surface area (Å²) in [5.74, 6) is 0. The third kappa shape index (κ3) is 1.62. The maximum atomic E-state index is 4.11. The number of aromatic nitrogens is 3. The summed E-state index contributed by atoms with van der Waals surface area (Å²) in [7, 11) is 1.92. The second-order valence-electron chi connectivity index (χ2n) is 3.23. The average Bonchev–Trinajstić information content (AvgIpc) is 2.76. The van der Waals surface area contributed by atoms with Crippen LogP contribution in [0.4, 0.5) is 0 Å². The first-order valence-electron chi connectivity index (χ1n) is 4.60. The van der Waals surface area contributed by atoms with Crippen LogP contribution < -0.4 is 10.6 Å². The Bertz CT molecular complexity index is 531. The van der Waals surface area contributed by atoms with Gasteiger partial charge in [0.2, 0.25) is 0 Å². The number of nitrogens with zero attached hydrogens (tertiary/aromatic N) is 2. The average molecular weight is 187 g/mol. The van der Waals surface area contributed by atoms with Gasteiger partial charge in [0.1, 0.15) is 0 Å². The van der Waals surface area contributed by atoms with Crippen LogP contribution in [0.3, 0.4) is 0 Å². The minimum atomic E-state index is 1.11. The third-order valence-corrected chi connectivity index (χ3v) is 2.16. The van der Waals surface area contributed by atoms with E-state index in [9.17, 15) is 0 Å². The highest BCUT2D eigenvalue weighted by Crippen LogP contribution is 1.94. The van der Waals surface area contributed by atoms with Gasteiger partial charge >= 0.3 is 0 Å². The molecule has 3 heteroatoms. The molecule has 0 amide bonds. The van der Waals surface area contributed by atoms with Crippen molar-refractivity contribution in [1.82, 2.24) is 14.8 Å². The summed E-state index contributed by atoms with van der Waals surface area (Å²) in [6.07, 6.45) is 9.94. The van der Waals surface area contributed by atoms with Crippen LogP contribution in [-0.2, 0) is 7.05 Å². The van der Waals surface area contributed by atoms with Crippen molar-refractivity contribution in [2.45, 2.75) is 6.92 Å². The minimum Gasteiger partial charge on any atom is -0.361 e. The summed E-state index contributed by atoms with van der Waals surface area (Å²) >= 11 is 0. The Balaban J connectivity index is 2.55. The van der Waals surface area contributed by atoms with E-state index in [0.29, 0.717) is 0 Å². The molecule has 0 fully saturated rings. The van der Waals surface area contributed by atoms with E-state index < -0.39 is 0 Å². The lowest BCUT2D eigenvalue weighted by molar-refractivity contribution is 0.767. The maximum absolute atomic E-state index is 4.11. The van der Waals surface area contributed by atoms with Gasteiger partial charge < -0.3 is 4.98 Å². The second kappa shape index (κ2) is 3.54. The van der Waals surface area contributed by atoms with Gasteiger partial charge in [0.25, 0.3) is 0 Å². The van der Waals surface area contributed by atoms with Crippen molar-refractivity contribution in [3.63, 3.8) is 0 Å². The molecule has 2 aromatic heterocycles. The van der Waals surface area contributed by atoms with Crippen LogP contribution >= 0.6 is 0 Å². The molecule has 1 N–H and O–H groups in total. The van der Waals surface area contributed by atoms with Crippen molar-refractivity contribution in [2.75, 3.05) is 0 Å². The summed E-state index contributed by atoms with van der Waals surface area (Å²) in [5, 5.41) is 6.46. The number of H-pyrrole nitrogens is 1. The molecule has 0 aromatic carbocycles. The normalized spacial score (nSPS) is 13.9. The SMILES string of the molecule is C/C=c1/cc[nH]/c1=C/c1cnn(C)c1. The lowest BCUT2D eigenvalue weighted by Gasteiger charge is -1.82. The van der Waals surface area contributed by atoms with E-state index in [1.165, 1.54) is 5.22 Å². The monoisotopic (exact) mass is 187 g/mol. The van der Waals surface area contributed by atoms with Crippen molar-refractivity contribution >= 4 is 12.2 Å². The lowest BCUT2D eigenvalue weighted by atomic mass is 10.3. The highest BCUT2D eigenvalue weighted by Gasteiger charge is 1.91. The van der Waals surface area contributed by atoms with Crippen molar-refractivity contribution in [1.29, 1.82) is 0 Å². The third-order valence-electron chi connectivity index (χ3n) is 2.16. The Labute approximate surface area is 82.4 Å². The molecule has 0 saturated carbocycles. The Hall–Kier alpha value is -1.77. The fraction of sp³-hybridized carbons (Fsp3) is 0.182. The van der Waals surface area contributed by atoms with Gasteiger partial charge in [-0.25, -0.2) is 0 Å². The lowest BCUT2D eigenvalue weighted by Crippen LogP contribution is -2.21. The van der Waals surface area contributed by atoms with Crippen LogP contribution in [0, 0.1) is 0 Å². The van der Waals surface area contributed by atoms with E-state index >= 15 is 0 Å². The molecular formula is C11H13N3. The second-order valence-corrected chi connectivity index (χ2v) is 3.23. The first-order chi connectivity index (χ1) is 6.79. The van der Waals surface area contributed by atoms with Crippen LogP contribution in [-0.4, -0.2) is 14.8 Å². The van der Waals surface area contributed by atoms with Crippen molar-refractivity contribution < 1.29 is 0 Å². The van der Waals surface area contributed by atoms with Crippen molar-refractivity contribution in [2.24, 2.45) is 7.05 Å². The zero-order chi connectivity index (χ0) is 9.97. The van der Waals surface area contributed by atoms with E-state index in [2.05, 4.69) is 28.3 Å². The molecule has 0 atom stereocenters. The van der Waals surface area contributed by atoms with Gasteiger partial charge in [0, 0.05) is 30.4 Å². The Kier molecular flexibility index (Phi) is 2.23. The fourth-order valence-electron chi connectivity index (χ4n) is 1.45. The predicted molar refractivity (Wildman–Crippen MR) is 57.0 cm³/mol. The molecule has 0 unspecified atom stereocenters. The number of nitrogens with one attached hydrogen (secondary N) is 1. The summed E-state index contributed by atoms with van der Waals surface area (Å²) < 4.78 is 1.80. The van der Waals surface area contributed by atoms with Gasteiger partial charge in [0.15, 0.2) is 0 Å².